The fourth-order valence-corrected chi connectivity index (χ4v) is 4.49. The molecule has 6 nitrogen and oxygen atoms in total. The molecule has 1 N–H and O–H groups in total. The molecule has 2 rings (SSSR count). The van der Waals surface area contributed by atoms with Crippen LogP contribution < -0.4 is 5.32 Å². The Morgan fingerprint density at radius 1 is 1.28 bits per heavy atom. The summed E-state index contributed by atoms with van der Waals surface area (Å²) in [5.74, 6) is -4.90. The van der Waals surface area contributed by atoms with Crippen molar-refractivity contribution in [2.45, 2.75) is 30.1 Å². The number of thioether (sulfide) groups is 1. The van der Waals surface area contributed by atoms with E-state index in [9.17, 15) is 26.8 Å². The number of hydrogen-bond acceptors (Lipinski definition) is 6. The molecule has 0 saturated carbocycles. The van der Waals surface area contributed by atoms with Crippen molar-refractivity contribution in [3.63, 3.8) is 0 Å². The van der Waals surface area contributed by atoms with E-state index in [1.807, 2.05) is 0 Å². The van der Waals surface area contributed by atoms with Crippen molar-refractivity contribution in [3.05, 3.63) is 24.3 Å². The first-order valence-electron chi connectivity index (χ1n) is 7.43. The first-order chi connectivity index (χ1) is 11.7. The molecule has 1 aromatic rings. The zero-order valence-corrected chi connectivity index (χ0v) is 14.9. The predicted octanol–water partition coefficient (Wildman–Crippen LogP) is 2.31. The van der Waals surface area contributed by atoms with Gasteiger partial charge in [0.2, 0.25) is 0 Å². The molecule has 1 fully saturated rings. The third-order valence-electron chi connectivity index (χ3n) is 3.57. The number of halogens is 2. The smallest absolute Gasteiger partial charge is 0.310 e. The van der Waals surface area contributed by atoms with Crippen LogP contribution in [0, 0.1) is 5.92 Å². The van der Waals surface area contributed by atoms with E-state index in [-0.39, 0.29) is 17.9 Å². The van der Waals surface area contributed by atoms with Crippen LogP contribution in [0.2, 0.25) is 0 Å². The van der Waals surface area contributed by atoms with Gasteiger partial charge in [-0.2, -0.15) is 8.78 Å². The number of carbonyl (C=O) groups excluding carboxylic acids is 2. The lowest BCUT2D eigenvalue weighted by atomic mass is 10.1. The molecule has 1 amide bonds. The summed E-state index contributed by atoms with van der Waals surface area (Å²) in [6.07, 6.45) is -0.912. The number of ether oxygens (including phenoxy) is 1. The zero-order chi connectivity index (χ0) is 18.6. The minimum Gasteiger partial charge on any atom is -0.452 e. The van der Waals surface area contributed by atoms with E-state index in [0.717, 1.165) is 0 Å². The molecule has 1 aromatic carbocycles. The zero-order valence-electron chi connectivity index (χ0n) is 13.3. The predicted molar refractivity (Wildman–Crippen MR) is 89.2 cm³/mol. The van der Waals surface area contributed by atoms with E-state index < -0.39 is 39.5 Å². The summed E-state index contributed by atoms with van der Waals surface area (Å²) in [7, 11) is -3.21. The number of carbonyl (C=O) groups is 2. The summed E-state index contributed by atoms with van der Waals surface area (Å²) in [6.45, 7) is 1.37. The molecule has 0 bridgehead atoms. The minimum absolute atomic E-state index is 0.0592. The second kappa shape index (κ2) is 8.13. The average Bonchev–Trinajstić information content (AvgIpc) is 2.89. The number of rotatable bonds is 6. The number of benzene rings is 1. The van der Waals surface area contributed by atoms with Gasteiger partial charge in [0.15, 0.2) is 15.9 Å². The fraction of sp³-hybridized carbons (Fsp3) is 0.467. The molecule has 1 heterocycles. The quantitative estimate of drug-likeness (QED) is 0.589. The summed E-state index contributed by atoms with van der Waals surface area (Å²) >= 11 is 0.390. The standard InChI is InChI=1S/C15H17F2NO5S2/c1-9(23-14(20)10-6-7-25(21,22)8-10)13(19)18-11-2-4-12(5-3-11)24-15(16)17/h2-5,9-10,15H,6-8H2,1H3,(H,18,19). The summed E-state index contributed by atoms with van der Waals surface area (Å²) in [6, 6.07) is 5.79. The van der Waals surface area contributed by atoms with Crippen molar-refractivity contribution in [1.82, 2.24) is 0 Å². The number of amides is 1. The lowest BCUT2D eigenvalue weighted by Crippen LogP contribution is -2.32. The molecule has 0 radical (unpaired) electrons. The van der Waals surface area contributed by atoms with Crippen molar-refractivity contribution in [2.75, 3.05) is 16.8 Å². The number of anilines is 1. The number of nitrogens with one attached hydrogen (secondary N) is 1. The normalized spacial score (nSPS) is 20.2. The maximum Gasteiger partial charge on any atom is 0.310 e. The van der Waals surface area contributed by atoms with E-state index in [0.29, 0.717) is 22.3 Å². The largest absolute Gasteiger partial charge is 0.452 e. The van der Waals surface area contributed by atoms with Crippen LogP contribution in [0.5, 0.6) is 0 Å². The van der Waals surface area contributed by atoms with Gasteiger partial charge in [0.05, 0.1) is 17.4 Å². The van der Waals surface area contributed by atoms with Gasteiger partial charge in [0, 0.05) is 10.6 Å². The molecule has 0 aromatic heterocycles. The Morgan fingerprint density at radius 3 is 2.44 bits per heavy atom. The Bertz CT molecular complexity index is 737. The number of hydrogen-bond donors (Lipinski definition) is 1. The van der Waals surface area contributed by atoms with Gasteiger partial charge in [0.1, 0.15) is 0 Å². The molecule has 0 spiro atoms. The summed E-state index contributed by atoms with van der Waals surface area (Å²) < 4.78 is 52.2. The van der Waals surface area contributed by atoms with Gasteiger partial charge in [-0.3, -0.25) is 9.59 Å². The maximum absolute atomic E-state index is 12.2. The van der Waals surface area contributed by atoms with Crippen LogP contribution in [0.1, 0.15) is 13.3 Å². The van der Waals surface area contributed by atoms with Crippen LogP contribution >= 0.6 is 11.8 Å². The molecule has 0 aliphatic carbocycles. The molecule has 1 saturated heterocycles. The van der Waals surface area contributed by atoms with Crippen molar-refractivity contribution in [3.8, 4) is 0 Å². The van der Waals surface area contributed by atoms with Gasteiger partial charge in [-0.05, 0) is 37.6 Å². The monoisotopic (exact) mass is 393 g/mol. The minimum atomic E-state index is -3.21. The van der Waals surface area contributed by atoms with E-state index in [2.05, 4.69) is 5.32 Å². The molecular formula is C15H17F2NO5S2. The van der Waals surface area contributed by atoms with Crippen molar-refractivity contribution in [2.24, 2.45) is 5.92 Å². The van der Waals surface area contributed by atoms with Crippen molar-refractivity contribution in [1.29, 1.82) is 0 Å². The first kappa shape index (κ1) is 19.6. The fourth-order valence-electron chi connectivity index (χ4n) is 2.27. The van der Waals surface area contributed by atoms with E-state index in [4.69, 9.17) is 4.74 Å². The highest BCUT2D eigenvalue weighted by Gasteiger charge is 2.35. The van der Waals surface area contributed by atoms with Crippen LogP contribution in [0.15, 0.2) is 29.2 Å². The van der Waals surface area contributed by atoms with E-state index >= 15 is 0 Å². The Kier molecular flexibility index (Phi) is 6.39. The Hall–Kier alpha value is -1.68. The number of alkyl halides is 2. The summed E-state index contributed by atoms with van der Waals surface area (Å²) in [5, 5.41) is 2.50. The van der Waals surface area contributed by atoms with Gasteiger partial charge >= 0.3 is 5.97 Å². The molecule has 2 unspecified atom stereocenters. The Morgan fingerprint density at radius 2 is 1.92 bits per heavy atom. The SMILES string of the molecule is CC(OC(=O)C1CCS(=O)(=O)C1)C(=O)Nc1ccc(SC(F)F)cc1. The highest BCUT2D eigenvalue weighted by atomic mass is 32.2. The van der Waals surface area contributed by atoms with E-state index in [1.165, 1.54) is 31.2 Å². The lowest BCUT2D eigenvalue weighted by Gasteiger charge is -2.15. The molecule has 1 aliphatic rings. The van der Waals surface area contributed by atoms with Gasteiger partial charge < -0.3 is 10.1 Å². The topological polar surface area (TPSA) is 89.5 Å². The molecule has 138 valence electrons. The molecular weight excluding hydrogens is 376 g/mol. The van der Waals surface area contributed by atoms with Crippen LogP contribution in [-0.2, 0) is 24.2 Å². The number of esters is 1. The van der Waals surface area contributed by atoms with Gasteiger partial charge in [0.25, 0.3) is 11.7 Å². The van der Waals surface area contributed by atoms with Crippen molar-refractivity contribution >= 4 is 39.2 Å². The Labute approximate surface area is 148 Å². The lowest BCUT2D eigenvalue weighted by molar-refractivity contribution is -0.156. The molecule has 25 heavy (non-hydrogen) atoms. The molecule has 2 atom stereocenters. The van der Waals surface area contributed by atoms with Crippen LogP contribution in [-0.4, -0.2) is 43.7 Å². The molecule has 10 heteroatoms. The number of sulfone groups is 1. The van der Waals surface area contributed by atoms with Crippen LogP contribution in [0.4, 0.5) is 14.5 Å². The second-order valence-electron chi connectivity index (χ2n) is 5.57. The van der Waals surface area contributed by atoms with Crippen LogP contribution in [0.3, 0.4) is 0 Å². The average molecular weight is 393 g/mol. The third-order valence-corrected chi connectivity index (χ3v) is 6.07. The third kappa shape index (κ3) is 5.96. The summed E-state index contributed by atoms with van der Waals surface area (Å²) in [5.41, 5.74) is 0.370. The first-order valence-corrected chi connectivity index (χ1v) is 10.1. The van der Waals surface area contributed by atoms with Gasteiger partial charge in [-0.25, -0.2) is 8.42 Å². The Balaban J connectivity index is 1.86. The van der Waals surface area contributed by atoms with Crippen molar-refractivity contribution < 1.29 is 31.5 Å². The maximum atomic E-state index is 12.2. The highest BCUT2D eigenvalue weighted by Crippen LogP contribution is 2.26. The molecule has 1 aliphatic heterocycles. The van der Waals surface area contributed by atoms with E-state index in [1.54, 1.807) is 0 Å². The van der Waals surface area contributed by atoms with Gasteiger partial charge in [-0.1, -0.05) is 11.8 Å². The summed E-state index contributed by atoms with van der Waals surface area (Å²) in [4.78, 5) is 24.3. The van der Waals surface area contributed by atoms with Gasteiger partial charge in [-0.15, -0.1) is 0 Å². The highest BCUT2D eigenvalue weighted by molar-refractivity contribution is 7.99. The van der Waals surface area contributed by atoms with Crippen LogP contribution in [0.25, 0.3) is 0 Å². The second-order valence-corrected chi connectivity index (χ2v) is 8.86.